The van der Waals surface area contributed by atoms with E-state index in [9.17, 15) is 9.59 Å². The van der Waals surface area contributed by atoms with Crippen LogP contribution < -0.4 is 10.9 Å². The maximum Gasteiger partial charge on any atom is 0.294 e. The zero-order valence-corrected chi connectivity index (χ0v) is 16.3. The Morgan fingerprint density at radius 3 is 2.65 bits per heavy atom. The molecule has 0 aliphatic heterocycles. The molecule has 0 radical (unpaired) electrons. The van der Waals surface area contributed by atoms with Crippen molar-refractivity contribution in [3.8, 4) is 0 Å². The molecule has 1 N–H and O–H groups in total. The van der Waals surface area contributed by atoms with Gasteiger partial charge in [-0.15, -0.1) is 11.3 Å². The van der Waals surface area contributed by atoms with Crippen LogP contribution in [0.25, 0.3) is 10.2 Å². The van der Waals surface area contributed by atoms with Crippen LogP contribution in [0.3, 0.4) is 0 Å². The van der Waals surface area contributed by atoms with E-state index in [0.717, 1.165) is 15.3 Å². The highest BCUT2D eigenvalue weighted by Crippen LogP contribution is 2.26. The van der Waals surface area contributed by atoms with Gasteiger partial charge in [-0.25, -0.2) is 9.67 Å². The molecule has 0 unspecified atom stereocenters. The van der Waals surface area contributed by atoms with Crippen LogP contribution in [0.1, 0.15) is 36.0 Å². The summed E-state index contributed by atoms with van der Waals surface area (Å²) in [6.07, 6.45) is 0. The topological polar surface area (TPSA) is 76.9 Å². The first kappa shape index (κ1) is 18.5. The molecule has 0 bridgehead atoms. The number of carbonyl (C=O) groups excluding carboxylic acids is 1. The Morgan fingerprint density at radius 1 is 1.31 bits per heavy atom. The molecule has 0 saturated heterocycles. The summed E-state index contributed by atoms with van der Waals surface area (Å²) in [4.78, 5) is 29.3. The lowest BCUT2D eigenvalue weighted by Crippen LogP contribution is -2.33. The number of aryl methyl sites for hydroxylation is 1. The van der Waals surface area contributed by atoms with Crippen molar-refractivity contribution in [2.24, 2.45) is 0 Å². The number of benzene rings is 1. The van der Waals surface area contributed by atoms with Crippen LogP contribution in [0.4, 0.5) is 0 Å². The number of fused-ring (bicyclic) bond motifs is 1. The Bertz CT molecular complexity index is 1010. The molecule has 0 saturated carbocycles. The number of nitrogens with one attached hydrogen (secondary N) is 1. The van der Waals surface area contributed by atoms with Gasteiger partial charge in [-0.05, 0) is 24.6 Å². The molecule has 3 rings (SSSR count). The molecular formula is C18H19ClN4O2S. The molecule has 8 heteroatoms. The molecule has 0 aliphatic rings. The van der Waals surface area contributed by atoms with Crippen molar-refractivity contribution >= 4 is 39.1 Å². The largest absolute Gasteiger partial charge is 0.350 e. The van der Waals surface area contributed by atoms with E-state index >= 15 is 0 Å². The van der Waals surface area contributed by atoms with E-state index in [0.29, 0.717) is 22.8 Å². The number of carbonyl (C=O) groups is 1. The van der Waals surface area contributed by atoms with Gasteiger partial charge in [0.1, 0.15) is 6.54 Å². The van der Waals surface area contributed by atoms with Crippen molar-refractivity contribution < 1.29 is 4.79 Å². The van der Waals surface area contributed by atoms with Gasteiger partial charge >= 0.3 is 0 Å². The number of hydrogen-bond donors (Lipinski definition) is 1. The van der Waals surface area contributed by atoms with E-state index in [1.165, 1.54) is 16.0 Å². The van der Waals surface area contributed by atoms with Crippen LogP contribution >= 0.6 is 22.9 Å². The lowest BCUT2D eigenvalue weighted by Gasteiger charge is -2.08. The minimum absolute atomic E-state index is 0.141. The summed E-state index contributed by atoms with van der Waals surface area (Å²) >= 11 is 7.33. The fourth-order valence-corrected chi connectivity index (χ4v) is 3.60. The van der Waals surface area contributed by atoms with Gasteiger partial charge in [0.2, 0.25) is 5.91 Å². The number of hydrogen-bond acceptors (Lipinski definition) is 5. The second kappa shape index (κ2) is 7.55. The summed E-state index contributed by atoms with van der Waals surface area (Å²) < 4.78 is 1.97. The fraction of sp³-hybridized carbons (Fsp3) is 0.333. The normalized spacial score (nSPS) is 11.3. The maximum absolute atomic E-state index is 12.6. The van der Waals surface area contributed by atoms with Crippen molar-refractivity contribution in [3.63, 3.8) is 0 Å². The van der Waals surface area contributed by atoms with E-state index in [1.54, 1.807) is 12.1 Å². The highest BCUT2D eigenvalue weighted by Gasteiger charge is 2.16. The Morgan fingerprint density at radius 2 is 2.00 bits per heavy atom. The number of nitrogens with zero attached hydrogens (tertiary/aromatic N) is 3. The molecule has 0 fully saturated rings. The quantitative estimate of drug-likeness (QED) is 0.725. The van der Waals surface area contributed by atoms with E-state index in [2.05, 4.69) is 15.4 Å². The van der Waals surface area contributed by atoms with E-state index in [4.69, 9.17) is 11.6 Å². The van der Waals surface area contributed by atoms with Gasteiger partial charge in [0.15, 0.2) is 5.52 Å². The van der Waals surface area contributed by atoms with Crippen LogP contribution in [-0.4, -0.2) is 20.7 Å². The van der Waals surface area contributed by atoms with Crippen molar-refractivity contribution in [3.05, 3.63) is 55.9 Å². The molecule has 1 amide bonds. The smallest absolute Gasteiger partial charge is 0.294 e. The minimum atomic E-state index is -0.338. The lowest BCUT2D eigenvalue weighted by atomic mass is 10.2. The van der Waals surface area contributed by atoms with Gasteiger partial charge in [0.25, 0.3) is 5.56 Å². The zero-order chi connectivity index (χ0) is 18.8. The molecule has 136 valence electrons. The second-order valence-corrected chi connectivity index (χ2v) is 7.80. The average molecular weight is 391 g/mol. The zero-order valence-electron chi connectivity index (χ0n) is 14.7. The number of amides is 1. The van der Waals surface area contributed by atoms with Gasteiger partial charge in [-0.1, -0.05) is 37.6 Å². The fourth-order valence-electron chi connectivity index (χ4n) is 2.47. The van der Waals surface area contributed by atoms with Gasteiger partial charge in [0, 0.05) is 17.5 Å². The van der Waals surface area contributed by atoms with Gasteiger partial charge in [-0.2, -0.15) is 5.10 Å². The van der Waals surface area contributed by atoms with Crippen molar-refractivity contribution in [2.75, 3.05) is 0 Å². The Balaban J connectivity index is 1.77. The van der Waals surface area contributed by atoms with Crippen LogP contribution in [-0.2, 0) is 17.9 Å². The molecule has 6 nitrogen and oxygen atoms in total. The van der Waals surface area contributed by atoms with Crippen molar-refractivity contribution in [1.29, 1.82) is 0 Å². The third-order valence-corrected chi connectivity index (χ3v) is 5.59. The van der Waals surface area contributed by atoms with Gasteiger partial charge in [-0.3, -0.25) is 9.59 Å². The first-order valence-electron chi connectivity index (χ1n) is 8.24. The third-order valence-electron chi connectivity index (χ3n) is 3.87. The first-order chi connectivity index (χ1) is 12.3. The van der Waals surface area contributed by atoms with Gasteiger partial charge in [0.05, 0.1) is 15.4 Å². The molecule has 26 heavy (non-hydrogen) atoms. The highest BCUT2D eigenvalue weighted by molar-refractivity contribution is 7.18. The third kappa shape index (κ3) is 3.94. The Kier molecular flexibility index (Phi) is 5.38. The molecule has 3 aromatic rings. The lowest BCUT2D eigenvalue weighted by molar-refractivity contribution is -0.122. The first-order valence-corrected chi connectivity index (χ1v) is 9.44. The molecule has 2 heterocycles. The maximum atomic E-state index is 12.6. The summed E-state index contributed by atoms with van der Waals surface area (Å²) in [6, 6.07) is 7.21. The molecular weight excluding hydrogens is 372 g/mol. The van der Waals surface area contributed by atoms with Gasteiger partial charge < -0.3 is 5.32 Å². The van der Waals surface area contributed by atoms with E-state index in [1.807, 2.05) is 32.9 Å². The predicted molar refractivity (Wildman–Crippen MR) is 104 cm³/mol. The summed E-state index contributed by atoms with van der Waals surface area (Å²) in [5.41, 5.74) is 1.68. The van der Waals surface area contributed by atoms with Crippen molar-refractivity contribution in [2.45, 2.75) is 39.8 Å². The standard InChI is InChI=1S/C18H19ClN4O2S/c1-10(2)17-21-15-16(26-17)11(3)22-23(18(15)25)9-14(24)20-8-12-4-6-13(19)7-5-12/h4-7,10H,8-9H2,1-3H3,(H,20,24). The Hall–Kier alpha value is -2.25. The van der Waals surface area contributed by atoms with Crippen LogP contribution in [0.2, 0.25) is 5.02 Å². The van der Waals surface area contributed by atoms with Crippen LogP contribution in [0, 0.1) is 6.92 Å². The summed E-state index contributed by atoms with van der Waals surface area (Å²) in [5, 5.41) is 8.60. The number of rotatable bonds is 5. The Labute approximate surface area is 159 Å². The second-order valence-electron chi connectivity index (χ2n) is 6.34. The number of aromatic nitrogens is 3. The molecule has 1 aromatic carbocycles. The monoisotopic (exact) mass is 390 g/mol. The van der Waals surface area contributed by atoms with E-state index in [-0.39, 0.29) is 23.9 Å². The molecule has 0 aliphatic carbocycles. The SMILES string of the molecule is Cc1nn(CC(=O)NCc2ccc(Cl)cc2)c(=O)c2nc(C(C)C)sc12. The highest BCUT2D eigenvalue weighted by atomic mass is 35.5. The minimum Gasteiger partial charge on any atom is -0.350 e. The summed E-state index contributed by atoms with van der Waals surface area (Å²) in [6.45, 7) is 6.11. The number of thiazole rings is 1. The van der Waals surface area contributed by atoms with Crippen LogP contribution in [0.15, 0.2) is 29.1 Å². The summed E-state index contributed by atoms with van der Waals surface area (Å²) in [5.74, 6) is -0.0464. The molecule has 2 aromatic heterocycles. The average Bonchev–Trinajstić information content (AvgIpc) is 3.05. The number of halogens is 1. The predicted octanol–water partition coefficient (Wildman–Crippen LogP) is 3.25. The van der Waals surface area contributed by atoms with E-state index < -0.39 is 0 Å². The van der Waals surface area contributed by atoms with Crippen molar-refractivity contribution in [1.82, 2.24) is 20.1 Å². The molecule has 0 spiro atoms. The molecule has 0 atom stereocenters. The van der Waals surface area contributed by atoms with Crippen LogP contribution in [0.5, 0.6) is 0 Å². The summed E-state index contributed by atoms with van der Waals surface area (Å²) in [7, 11) is 0.